The number of nitrogens with zero attached hydrogens (tertiary/aromatic N) is 1. The van der Waals surface area contributed by atoms with Crippen molar-refractivity contribution in [2.45, 2.75) is 25.6 Å². The largest absolute Gasteiger partial charge is 0.433 e. The fourth-order valence-electron chi connectivity index (χ4n) is 2.03. The maximum absolute atomic E-state index is 12.0. The van der Waals surface area contributed by atoms with E-state index in [-0.39, 0.29) is 5.75 Å². The molecule has 2 rings (SSSR count). The van der Waals surface area contributed by atoms with Gasteiger partial charge in [-0.2, -0.15) is 8.78 Å². The second kappa shape index (κ2) is 7.17. The number of anilines is 1. The van der Waals surface area contributed by atoms with Crippen LogP contribution in [0.1, 0.15) is 18.9 Å². The third-order valence-corrected chi connectivity index (χ3v) is 3.28. The van der Waals surface area contributed by atoms with Crippen molar-refractivity contribution in [1.29, 1.82) is 0 Å². The normalized spacial score (nSPS) is 13.7. The molecule has 0 bridgehead atoms. The van der Waals surface area contributed by atoms with E-state index in [0.29, 0.717) is 18.8 Å². The summed E-state index contributed by atoms with van der Waals surface area (Å²) in [6.07, 6.45) is 1.71. The number of hydrogen-bond donors (Lipinski definition) is 2. The van der Waals surface area contributed by atoms with Crippen LogP contribution in [0.4, 0.5) is 14.6 Å². The Bertz CT molecular complexity index is 574. The van der Waals surface area contributed by atoms with Gasteiger partial charge in [0.1, 0.15) is 11.6 Å². The molecule has 1 unspecified atom stereocenters. The smallest absolute Gasteiger partial charge is 0.387 e. The average molecular weight is 308 g/mol. The molecule has 0 saturated carbocycles. The SMILES string of the molecule is CC(O)(CCNc1ccc(OC(F)F)cn1)c1ccccc1. The lowest BCUT2D eigenvalue weighted by atomic mass is 9.93. The summed E-state index contributed by atoms with van der Waals surface area (Å²) < 4.78 is 28.3. The predicted octanol–water partition coefficient (Wildman–Crippen LogP) is 3.39. The molecule has 1 aromatic carbocycles. The number of aromatic nitrogens is 1. The molecule has 0 fully saturated rings. The highest BCUT2D eigenvalue weighted by Crippen LogP contribution is 2.24. The Labute approximate surface area is 127 Å². The van der Waals surface area contributed by atoms with Crippen LogP contribution in [-0.2, 0) is 5.60 Å². The van der Waals surface area contributed by atoms with E-state index in [1.165, 1.54) is 12.3 Å². The molecule has 0 aliphatic carbocycles. The van der Waals surface area contributed by atoms with Gasteiger partial charge in [-0.05, 0) is 31.0 Å². The van der Waals surface area contributed by atoms with Gasteiger partial charge < -0.3 is 15.2 Å². The van der Waals surface area contributed by atoms with Gasteiger partial charge in [0.15, 0.2) is 0 Å². The van der Waals surface area contributed by atoms with E-state index in [2.05, 4.69) is 15.0 Å². The Morgan fingerprint density at radius 2 is 1.95 bits per heavy atom. The zero-order valence-corrected chi connectivity index (χ0v) is 12.2. The molecule has 2 N–H and O–H groups in total. The zero-order valence-electron chi connectivity index (χ0n) is 12.2. The van der Waals surface area contributed by atoms with Gasteiger partial charge in [-0.25, -0.2) is 4.98 Å². The molecule has 0 saturated heterocycles. The van der Waals surface area contributed by atoms with Crippen LogP contribution in [0.25, 0.3) is 0 Å². The summed E-state index contributed by atoms with van der Waals surface area (Å²) in [5.41, 5.74) is -0.113. The van der Waals surface area contributed by atoms with E-state index in [1.807, 2.05) is 30.3 Å². The van der Waals surface area contributed by atoms with Gasteiger partial charge in [0.05, 0.1) is 11.8 Å². The first-order valence-electron chi connectivity index (χ1n) is 6.90. The Kier molecular flexibility index (Phi) is 5.27. The van der Waals surface area contributed by atoms with Gasteiger partial charge in [-0.3, -0.25) is 0 Å². The van der Waals surface area contributed by atoms with Crippen LogP contribution >= 0.6 is 0 Å². The third kappa shape index (κ3) is 4.66. The molecule has 0 aliphatic rings. The Balaban J connectivity index is 1.85. The number of alkyl halides is 2. The van der Waals surface area contributed by atoms with Gasteiger partial charge in [-0.1, -0.05) is 30.3 Å². The number of halogens is 2. The second-order valence-electron chi connectivity index (χ2n) is 5.07. The molecule has 6 heteroatoms. The van der Waals surface area contributed by atoms with Crippen molar-refractivity contribution in [3.8, 4) is 5.75 Å². The summed E-state index contributed by atoms with van der Waals surface area (Å²) in [4.78, 5) is 3.97. The summed E-state index contributed by atoms with van der Waals surface area (Å²) in [7, 11) is 0. The maximum atomic E-state index is 12.0. The van der Waals surface area contributed by atoms with Crippen molar-refractivity contribution in [3.05, 3.63) is 54.2 Å². The predicted molar refractivity (Wildman–Crippen MR) is 80.0 cm³/mol. The van der Waals surface area contributed by atoms with Crippen molar-refractivity contribution in [2.75, 3.05) is 11.9 Å². The molecular formula is C16H18F2N2O2. The van der Waals surface area contributed by atoms with Crippen molar-refractivity contribution in [2.24, 2.45) is 0 Å². The van der Waals surface area contributed by atoms with Gasteiger partial charge in [0.25, 0.3) is 0 Å². The molecule has 1 atom stereocenters. The highest BCUT2D eigenvalue weighted by atomic mass is 19.3. The highest BCUT2D eigenvalue weighted by molar-refractivity contribution is 5.37. The summed E-state index contributed by atoms with van der Waals surface area (Å²) in [5.74, 6) is 0.544. The Hall–Kier alpha value is -2.21. The van der Waals surface area contributed by atoms with Crippen LogP contribution in [0.15, 0.2) is 48.7 Å². The summed E-state index contributed by atoms with van der Waals surface area (Å²) in [6, 6.07) is 12.3. The molecule has 118 valence electrons. The van der Waals surface area contributed by atoms with Crippen LogP contribution in [0.3, 0.4) is 0 Å². The molecule has 1 aromatic heterocycles. The first-order chi connectivity index (χ1) is 10.5. The summed E-state index contributed by atoms with van der Waals surface area (Å²) in [5, 5.41) is 13.5. The quantitative estimate of drug-likeness (QED) is 0.823. The number of aliphatic hydroxyl groups is 1. The molecule has 2 aromatic rings. The number of rotatable bonds is 7. The van der Waals surface area contributed by atoms with Crippen molar-refractivity contribution in [3.63, 3.8) is 0 Å². The number of benzene rings is 1. The number of pyridine rings is 1. The van der Waals surface area contributed by atoms with Crippen LogP contribution < -0.4 is 10.1 Å². The van der Waals surface area contributed by atoms with E-state index in [0.717, 1.165) is 5.56 Å². The van der Waals surface area contributed by atoms with E-state index in [1.54, 1.807) is 13.0 Å². The Morgan fingerprint density at radius 1 is 1.23 bits per heavy atom. The second-order valence-corrected chi connectivity index (χ2v) is 5.07. The fourth-order valence-corrected chi connectivity index (χ4v) is 2.03. The molecule has 0 amide bonds. The standard InChI is InChI=1S/C16H18F2N2O2/c1-16(21,12-5-3-2-4-6-12)9-10-19-14-8-7-13(11-20-14)22-15(17)18/h2-8,11,15,21H,9-10H2,1H3,(H,19,20). The molecule has 1 heterocycles. The lowest BCUT2D eigenvalue weighted by Crippen LogP contribution is -2.24. The minimum absolute atomic E-state index is 0.0110. The van der Waals surface area contributed by atoms with Crippen molar-refractivity contribution < 1.29 is 18.6 Å². The molecular weight excluding hydrogens is 290 g/mol. The highest BCUT2D eigenvalue weighted by Gasteiger charge is 2.21. The van der Waals surface area contributed by atoms with Crippen LogP contribution in [0.5, 0.6) is 5.75 Å². The lowest BCUT2D eigenvalue weighted by Gasteiger charge is -2.24. The van der Waals surface area contributed by atoms with Gasteiger partial charge in [0, 0.05) is 6.54 Å². The maximum Gasteiger partial charge on any atom is 0.387 e. The summed E-state index contributed by atoms with van der Waals surface area (Å²) in [6.45, 7) is -0.623. The topological polar surface area (TPSA) is 54.4 Å². The van der Waals surface area contributed by atoms with Gasteiger partial charge >= 0.3 is 6.61 Å². The molecule has 0 aliphatic heterocycles. The van der Waals surface area contributed by atoms with E-state index < -0.39 is 12.2 Å². The van der Waals surface area contributed by atoms with Crippen LogP contribution in [0.2, 0.25) is 0 Å². The van der Waals surface area contributed by atoms with E-state index >= 15 is 0 Å². The van der Waals surface area contributed by atoms with Gasteiger partial charge in [0.2, 0.25) is 0 Å². The zero-order chi connectivity index (χ0) is 16.0. The first kappa shape index (κ1) is 16.2. The fraction of sp³-hybridized carbons (Fsp3) is 0.312. The first-order valence-corrected chi connectivity index (χ1v) is 6.90. The van der Waals surface area contributed by atoms with Crippen molar-refractivity contribution in [1.82, 2.24) is 4.98 Å². The monoisotopic (exact) mass is 308 g/mol. The van der Waals surface area contributed by atoms with Gasteiger partial charge in [-0.15, -0.1) is 0 Å². The third-order valence-electron chi connectivity index (χ3n) is 3.28. The molecule has 0 radical (unpaired) electrons. The summed E-state index contributed by atoms with van der Waals surface area (Å²) >= 11 is 0. The number of ether oxygens (including phenoxy) is 1. The lowest BCUT2D eigenvalue weighted by molar-refractivity contribution is -0.0500. The van der Waals surface area contributed by atoms with E-state index in [4.69, 9.17) is 0 Å². The van der Waals surface area contributed by atoms with Crippen LogP contribution in [-0.4, -0.2) is 23.2 Å². The Morgan fingerprint density at radius 3 is 2.55 bits per heavy atom. The number of nitrogens with one attached hydrogen (secondary N) is 1. The minimum Gasteiger partial charge on any atom is -0.433 e. The molecule has 4 nitrogen and oxygen atoms in total. The van der Waals surface area contributed by atoms with Crippen LogP contribution in [0, 0.1) is 0 Å². The van der Waals surface area contributed by atoms with E-state index in [9.17, 15) is 13.9 Å². The minimum atomic E-state index is -2.86. The van der Waals surface area contributed by atoms with Crippen molar-refractivity contribution >= 4 is 5.82 Å². The molecule has 0 spiro atoms. The number of hydrogen-bond acceptors (Lipinski definition) is 4. The average Bonchev–Trinajstić information content (AvgIpc) is 2.49. The molecule has 22 heavy (non-hydrogen) atoms.